The van der Waals surface area contributed by atoms with Crippen molar-refractivity contribution in [1.82, 2.24) is 0 Å². The zero-order chi connectivity index (χ0) is 7.68. The number of nitrogens with zero attached hydrogens (tertiary/aromatic N) is 1. The lowest BCUT2D eigenvalue weighted by Gasteiger charge is -2.17. The average Bonchev–Trinajstić information content (AvgIpc) is 2.04. The van der Waals surface area contributed by atoms with Gasteiger partial charge >= 0.3 is 0 Å². The molecule has 0 N–H and O–H groups in total. The number of rotatable bonds is 0. The first-order valence-electron chi connectivity index (χ1n) is 4.29. The zero-order valence-electron chi connectivity index (χ0n) is 6.93. The number of allylic oxidation sites excluding steroid dienone is 4. The summed E-state index contributed by atoms with van der Waals surface area (Å²) < 4.78 is 0. The molecule has 0 saturated carbocycles. The molecule has 2 aliphatic rings. The largest absolute Gasteiger partial charge is 0.262 e. The minimum atomic E-state index is 1.16. The molecule has 0 amide bonds. The first-order chi connectivity index (χ1) is 5.36. The summed E-state index contributed by atoms with van der Waals surface area (Å²) in [6.45, 7) is 2.13. The van der Waals surface area contributed by atoms with Gasteiger partial charge in [-0.15, -0.1) is 0 Å². The molecule has 0 bridgehead atoms. The van der Waals surface area contributed by atoms with Gasteiger partial charge in [0.1, 0.15) is 0 Å². The van der Waals surface area contributed by atoms with E-state index in [1.807, 2.05) is 0 Å². The molecule has 58 valence electrons. The fraction of sp³-hybridized carbons (Fsp3) is 0.500. The lowest BCUT2D eigenvalue weighted by molar-refractivity contribution is 0.854. The summed E-state index contributed by atoms with van der Waals surface area (Å²) in [5, 5.41) is 0. The molecule has 1 aliphatic heterocycles. The van der Waals surface area contributed by atoms with E-state index in [1.54, 1.807) is 0 Å². The molecule has 11 heavy (non-hydrogen) atoms. The van der Waals surface area contributed by atoms with Gasteiger partial charge in [0.25, 0.3) is 0 Å². The Morgan fingerprint density at radius 3 is 3.09 bits per heavy atom. The quantitative estimate of drug-likeness (QED) is 0.499. The fourth-order valence-electron chi connectivity index (χ4n) is 1.66. The van der Waals surface area contributed by atoms with Gasteiger partial charge in [-0.25, -0.2) is 0 Å². The Kier molecular flexibility index (Phi) is 1.65. The molecule has 0 aromatic carbocycles. The second kappa shape index (κ2) is 2.65. The average molecular weight is 147 g/mol. The van der Waals surface area contributed by atoms with Crippen LogP contribution in [0.4, 0.5) is 0 Å². The number of hydrogen-bond donors (Lipinski definition) is 0. The Bertz CT molecular complexity index is 256. The van der Waals surface area contributed by atoms with E-state index < -0.39 is 0 Å². The standard InChI is InChI=1S/C10H13N/c1-8-6-7-9-4-2-3-5-10(9)11-8/h2,4H,3,5-7H2,1H3. The molecule has 1 nitrogen and oxygen atoms in total. The summed E-state index contributed by atoms with van der Waals surface area (Å²) >= 11 is 0. The molecule has 0 atom stereocenters. The highest BCUT2D eigenvalue weighted by molar-refractivity contribution is 5.84. The highest BCUT2D eigenvalue weighted by atomic mass is 14.8. The summed E-state index contributed by atoms with van der Waals surface area (Å²) in [5.41, 5.74) is 4.12. The zero-order valence-corrected chi connectivity index (χ0v) is 6.93. The van der Waals surface area contributed by atoms with Gasteiger partial charge in [-0.05, 0) is 38.2 Å². The van der Waals surface area contributed by atoms with Crippen LogP contribution in [0.15, 0.2) is 28.4 Å². The molecule has 0 radical (unpaired) electrons. The van der Waals surface area contributed by atoms with Crippen molar-refractivity contribution in [2.24, 2.45) is 4.99 Å². The molecule has 0 spiro atoms. The Hall–Kier alpha value is -0.850. The Labute approximate surface area is 67.5 Å². The van der Waals surface area contributed by atoms with Crippen molar-refractivity contribution in [3.63, 3.8) is 0 Å². The third kappa shape index (κ3) is 1.28. The Morgan fingerprint density at radius 1 is 1.27 bits per heavy atom. The summed E-state index contributed by atoms with van der Waals surface area (Å²) in [6.07, 6.45) is 9.20. The predicted octanol–water partition coefficient (Wildman–Crippen LogP) is 2.85. The summed E-state index contributed by atoms with van der Waals surface area (Å²) in [7, 11) is 0. The maximum absolute atomic E-state index is 4.55. The maximum atomic E-state index is 4.55. The molecule has 0 fully saturated rings. The van der Waals surface area contributed by atoms with E-state index >= 15 is 0 Å². The number of aliphatic imine (C=N–C) groups is 1. The predicted molar refractivity (Wildman–Crippen MR) is 47.7 cm³/mol. The minimum absolute atomic E-state index is 1.16. The van der Waals surface area contributed by atoms with Gasteiger partial charge in [-0.1, -0.05) is 12.2 Å². The maximum Gasteiger partial charge on any atom is 0.0437 e. The van der Waals surface area contributed by atoms with Crippen molar-refractivity contribution in [3.8, 4) is 0 Å². The number of hydrogen-bond acceptors (Lipinski definition) is 1. The van der Waals surface area contributed by atoms with Gasteiger partial charge < -0.3 is 0 Å². The van der Waals surface area contributed by atoms with Gasteiger partial charge in [0, 0.05) is 11.4 Å². The van der Waals surface area contributed by atoms with Crippen molar-refractivity contribution in [1.29, 1.82) is 0 Å². The van der Waals surface area contributed by atoms with E-state index in [0.717, 1.165) is 12.8 Å². The summed E-state index contributed by atoms with van der Waals surface area (Å²) in [6, 6.07) is 0. The molecule has 1 aliphatic carbocycles. The van der Waals surface area contributed by atoms with Gasteiger partial charge in [0.15, 0.2) is 0 Å². The third-order valence-electron chi connectivity index (χ3n) is 2.32. The van der Waals surface area contributed by atoms with Gasteiger partial charge in [-0.2, -0.15) is 0 Å². The van der Waals surface area contributed by atoms with Crippen LogP contribution in [0.3, 0.4) is 0 Å². The molecule has 1 heterocycles. The molecule has 1 heteroatoms. The van der Waals surface area contributed by atoms with Crippen LogP contribution < -0.4 is 0 Å². The molecule has 0 saturated heterocycles. The molecular formula is C10H13N. The van der Waals surface area contributed by atoms with Gasteiger partial charge in [0.05, 0.1) is 0 Å². The second-order valence-corrected chi connectivity index (χ2v) is 3.26. The van der Waals surface area contributed by atoms with Crippen LogP contribution in [0.25, 0.3) is 0 Å². The molecule has 2 rings (SSSR count). The monoisotopic (exact) mass is 147 g/mol. The van der Waals surface area contributed by atoms with E-state index in [2.05, 4.69) is 24.1 Å². The van der Waals surface area contributed by atoms with Crippen molar-refractivity contribution in [2.45, 2.75) is 32.6 Å². The van der Waals surface area contributed by atoms with Crippen LogP contribution in [-0.2, 0) is 0 Å². The molecule has 0 aromatic heterocycles. The van der Waals surface area contributed by atoms with Crippen molar-refractivity contribution in [2.75, 3.05) is 0 Å². The van der Waals surface area contributed by atoms with E-state index in [-0.39, 0.29) is 0 Å². The van der Waals surface area contributed by atoms with Crippen molar-refractivity contribution >= 4 is 5.71 Å². The minimum Gasteiger partial charge on any atom is -0.262 e. The lowest BCUT2D eigenvalue weighted by Crippen LogP contribution is -2.04. The van der Waals surface area contributed by atoms with Crippen LogP contribution in [0.5, 0.6) is 0 Å². The van der Waals surface area contributed by atoms with Gasteiger partial charge in [0.2, 0.25) is 0 Å². The third-order valence-corrected chi connectivity index (χ3v) is 2.32. The fourth-order valence-corrected chi connectivity index (χ4v) is 1.66. The molecule has 0 unspecified atom stereocenters. The van der Waals surface area contributed by atoms with Crippen LogP contribution in [0.1, 0.15) is 32.6 Å². The van der Waals surface area contributed by atoms with Gasteiger partial charge in [-0.3, -0.25) is 4.99 Å². The van der Waals surface area contributed by atoms with E-state index in [4.69, 9.17) is 0 Å². The van der Waals surface area contributed by atoms with Crippen LogP contribution in [-0.4, -0.2) is 5.71 Å². The smallest absolute Gasteiger partial charge is 0.0437 e. The van der Waals surface area contributed by atoms with Crippen molar-refractivity contribution < 1.29 is 0 Å². The van der Waals surface area contributed by atoms with E-state index in [1.165, 1.54) is 29.8 Å². The SMILES string of the molecule is CC1=NC2=C(C=CCC2)CC1. The van der Waals surface area contributed by atoms with E-state index in [0.29, 0.717) is 0 Å². The summed E-state index contributed by atoms with van der Waals surface area (Å²) in [5.74, 6) is 0. The Morgan fingerprint density at radius 2 is 2.18 bits per heavy atom. The van der Waals surface area contributed by atoms with E-state index in [9.17, 15) is 0 Å². The molecular weight excluding hydrogens is 134 g/mol. The second-order valence-electron chi connectivity index (χ2n) is 3.26. The highest BCUT2D eigenvalue weighted by Gasteiger charge is 2.12. The van der Waals surface area contributed by atoms with Crippen LogP contribution in [0, 0.1) is 0 Å². The summed E-state index contributed by atoms with van der Waals surface area (Å²) in [4.78, 5) is 4.55. The molecule has 0 aromatic rings. The lowest BCUT2D eigenvalue weighted by atomic mass is 9.96. The first-order valence-corrected chi connectivity index (χ1v) is 4.29. The topological polar surface area (TPSA) is 12.4 Å². The van der Waals surface area contributed by atoms with Crippen LogP contribution >= 0.6 is 0 Å². The van der Waals surface area contributed by atoms with Crippen molar-refractivity contribution in [3.05, 3.63) is 23.4 Å². The van der Waals surface area contributed by atoms with Crippen LogP contribution in [0.2, 0.25) is 0 Å². The normalized spacial score (nSPS) is 23.2. The highest BCUT2D eigenvalue weighted by Crippen LogP contribution is 2.27. The Balaban J connectivity index is 2.33. The first kappa shape index (κ1) is 6.84.